The number of hydrogen-bond donors (Lipinski definition) is 0. The Hall–Kier alpha value is -1.67. The minimum absolute atomic E-state index is 0.285. The second-order valence-electron chi connectivity index (χ2n) is 6.26. The second kappa shape index (κ2) is 6.68. The van der Waals surface area contributed by atoms with Crippen molar-refractivity contribution in [2.24, 2.45) is 0 Å². The molecule has 24 heavy (non-hydrogen) atoms. The summed E-state index contributed by atoms with van der Waals surface area (Å²) in [4.78, 5) is 0.285. The van der Waals surface area contributed by atoms with Crippen LogP contribution in [0.25, 0.3) is 0 Å². The van der Waals surface area contributed by atoms with Crippen molar-refractivity contribution >= 4 is 10.0 Å². The fourth-order valence-corrected chi connectivity index (χ4v) is 5.15. The topological polar surface area (TPSA) is 81.2 Å². The highest BCUT2D eigenvalue weighted by molar-refractivity contribution is 7.89. The summed E-state index contributed by atoms with van der Waals surface area (Å²) in [6.07, 6.45) is 5.05. The number of aromatic nitrogens is 3. The molecule has 0 aromatic carbocycles. The van der Waals surface area contributed by atoms with E-state index in [2.05, 4.69) is 10.3 Å². The SMILES string of the molecule is CCn1ncc(S(=O)(=O)N2CCCCC[C@H]2c2cc(C)no2)c1C. The maximum absolute atomic E-state index is 13.3. The summed E-state index contributed by atoms with van der Waals surface area (Å²) in [5.41, 5.74) is 1.44. The van der Waals surface area contributed by atoms with E-state index in [1.165, 1.54) is 6.20 Å². The number of aryl methyl sites for hydroxylation is 2. The lowest BCUT2D eigenvalue weighted by Crippen LogP contribution is -2.35. The Morgan fingerprint density at radius 3 is 2.71 bits per heavy atom. The lowest BCUT2D eigenvalue weighted by molar-refractivity contribution is 0.258. The zero-order chi connectivity index (χ0) is 17.3. The van der Waals surface area contributed by atoms with E-state index < -0.39 is 10.0 Å². The highest BCUT2D eigenvalue weighted by atomic mass is 32.2. The van der Waals surface area contributed by atoms with Crippen molar-refractivity contribution in [2.75, 3.05) is 6.54 Å². The molecular weight excluding hydrogens is 328 g/mol. The van der Waals surface area contributed by atoms with Crippen LogP contribution in [0.15, 0.2) is 21.7 Å². The Balaban J connectivity index is 2.03. The summed E-state index contributed by atoms with van der Waals surface area (Å²) in [7, 11) is -3.63. The van der Waals surface area contributed by atoms with Crippen molar-refractivity contribution in [3.05, 3.63) is 29.4 Å². The van der Waals surface area contributed by atoms with Gasteiger partial charge in [0.05, 0.1) is 23.6 Å². The third kappa shape index (κ3) is 3.00. The highest BCUT2D eigenvalue weighted by Gasteiger charge is 2.37. The van der Waals surface area contributed by atoms with Gasteiger partial charge < -0.3 is 4.52 Å². The van der Waals surface area contributed by atoms with Gasteiger partial charge in [-0.3, -0.25) is 4.68 Å². The molecule has 8 heteroatoms. The van der Waals surface area contributed by atoms with Crippen LogP contribution in [-0.4, -0.2) is 34.2 Å². The molecule has 1 fully saturated rings. The summed E-state index contributed by atoms with van der Waals surface area (Å²) in [6, 6.07) is 1.53. The lowest BCUT2D eigenvalue weighted by atomic mass is 10.1. The van der Waals surface area contributed by atoms with E-state index in [0.717, 1.165) is 31.4 Å². The van der Waals surface area contributed by atoms with Crippen LogP contribution in [0.2, 0.25) is 0 Å². The summed E-state index contributed by atoms with van der Waals surface area (Å²) < 4.78 is 35.3. The quantitative estimate of drug-likeness (QED) is 0.845. The van der Waals surface area contributed by atoms with Crippen LogP contribution in [0.5, 0.6) is 0 Å². The first-order valence-electron chi connectivity index (χ1n) is 8.42. The molecule has 2 aromatic rings. The predicted octanol–water partition coefficient (Wildman–Crippen LogP) is 2.81. The standard InChI is InChI=1S/C16H24N4O3S/c1-4-19-13(3)16(11-17-19)24(21,22)20-9-7-5-6-8-14(20)15-10-12(2)18-23-15/h10-11,14H,4-9H2,1-3H3/t14-/m0/s1. The van der Waals surface area contributed by atoms with Crippen molar-refractivity contribution in [2.45, 2.75) is 63.9 Å². The first-order valence-corrected chi connectivity index (χ1v) is 9.86. The van der Waals surface area contributed by atoms with Gasteiger partial charge in [-0.25, -0.2) is 8.42 Å². The monoisotopic (exact) mass is 352 g/mol. The van der Waals surface area contributed by atoms with Crippen LogP contribution >= 0.6 is 0 Å². The van der Waals surface area contributed by atoms with Gasteiger partial charge in [-0.05, 0) is 33.6 Å². The lowest BCUT2D eigenvalue weighted by Gasteiger charge is -2.27. The van der Waals surface area contributed by atoms with E-state index in [4.69, 9.17) is 4.52 Å². The Morgan fingerprint density at radius 2 is 2.08 bits per heavy atom. The largest absolute Gasteiger partial charge is 0.359 e. The van der Waals surface area contributed by atoms with Crippen LogP contribution < -0.4 is 0 Å². The Bertz CT molecular complexity index is 809. The maximum Gasteiger partial charge on any atom is 0.247 e. The van der Waals surface area contributed by atoms with Crippen LogP contribution in [-0.2, 0) is 16.6 Å². The van der Waals surface area contributed by atoms with E-state index >= 15 is 0 Å². The molecule has 1 saturated heterocycles. The number of rotatable bonds is 4. The highest BCUT2D eigenvalue weighted by Crippen LogP contribution is 2.35. The van der Waals surface area contributed by atoms with Crippen molar-refractivity contribution in [3.63, 3.8) is 0 Å². The smallest absolute Gasteiger partial charge is 0.247 e. The van der Waals surface area contributed by atoms with Crippen LogP contribution in [0.3, 0.4) is 0 Å². The zero-order valence-corrected chi connectivity index (χ0v) is 15.2. The second-order valence-corrected chi connectivity index (χ2v) is 8.12. The molecule has 7 nitrogen and oxygen atoms in total. The van der Waals surface area contributed by atoms with Gasteiger partial charge in [-0.15, -0.1) is 0 Å². The molecule has 0 spiro atoms. The molecule has 1 atom stereocenters. The molecule has 0 N–H and O–H groups in total. The fourth-order valence-electron chi connectivity index (χ4n) is 3.32. The first kappa shape index (κ1) is 17.2. The van der Waals surface area contributed by atoms with Crippen molar-refractivity contribution in [1.82, 2.24) is 19.2 Å². The third-order valence-corrected chi connectivity index (χ3v) is 6.63. The van der Waals surface area contributed by atoms with Gasteiger partial charge >= 0.3 is 0 Å². The van der Waals surface area contributed by atoms with E-state index in [0.29, 0.717) is 24.5 Å². The van der Waals surface area contributed by atoms with Gasteiger partial charge in [-0.2, -0.15) is 9.40 Å². The fraction of sp³-hybridized carbons (Fsp3) is 0.625. The van der Waals surface area contributed by atoms with E-state index in [-0.39, 0.29) is 10.9 Å². The summed E-state index contributed by atoms with van der Waals surface area (Å²) in [5, 5.41) is 8.13. The molecule has 0 saturated carbocycles. The Kier molecular flexibility index (Phi) is 4.78. The molecule has 1 aliphatic rings. The molecule has 0 bridgehead atoms. The van der Waals surface area contributed by atoms with Crippen LogP contribution in [0, 0.1) is 13.8 Å². The van der Waals surface area contributed by atoms with Crippen LogP contribution in [0.4, 0.5) is 0 Å². The Labute approximate surface area is 142 Å². The molecule has 0 amide bonds. The predicted molar refractivity (Wildman–Crippen MR) is 89.0 cm³/mol. The summed E-state index contributed by atoms with van der Waals surface area (Å²) in [6.45, 7) is 6.73. The molecule has 2 aromatic heterocycles. The number of nitrogens with zero attached hydrogens (tertiary/aromatic N) is 4. The van der Waals surface area contributed by atoms with E-state index in [1.807, 2.05) is 19.9 Å². The van der Waals surface area contributed by atoms with Crippen molar-refractivity contribution in [1.29, 1.82) is 0 Å². The number of sulfonamides is 1. The summed E-state index contributed by atoms with van der Waals surface area (Å²) in [5.74, 6) is 0.624. The van der Waals surface area contributed by atoms with E-state index in [9.17, 15) is 8.42 Å². The van der Waals surface area contributed by atoms with Gasteiger partial charge in [0.15, 0.2) is 5.76 Å². The molecule has 132 valence electrons. The molecule has 0 unspecified atom stereocenters. The molecule has 3 rings (SSSR count). The van der Waals surface area contributed by atoms with Crippen LogP contribution in [0.1, 0.15) is 55.8 Å². The van der Waals surface area contributed by atoms with E-state index in [1.54, 1.807) is 15.9 Å². The average Bonchev–Trinajstić information content (AvgIpc) is 3.04. The van der Waals surface area contributed by atoms with Gasteiger partial charge in [0.2, 0.25) is 10.0 Å². The van der Waals surface area contributed by atoms with Crippen molar-refractivity contribution < 1.29 is 12.9 Å². The number of hydrogen-bond acceptors (Lipinski definition) is 5. The third-order valence-electron chi connectivity index (χ3n) is 4.62. The average molecular weight is 352 g/mol. The Morgan fingerprint density at radius 1 is 1.29 bits per heavy atom. The minimum Gasteiger partial charge on any atom is -0.359 e. The summed E-state index contributed by atoms with van der Waals surface area (Å²) >= 11 is 0. The maximum atomic E-state index is 13.3. The van der Waals surface area contributed by atoms with Gasteiger partial charge in [0, 0.05) is 19.2 Å². The zero-order valence-electron chi connectivity index (χ0n) is 14.4. The minimum atomic E-state index is -3.63. The molecular formula is C16H24N4O3S. The molecule has 0 aliphatic carbocycles. The van der Waals surface area contributed by atoms with Gasteiger partial charge in [-0.1, -0.05) is 18.0 Å². The van der Waals surface area contributed by atoms with Crippen molar-refractivity contribution in [3.8, 4) is 0 Å². The molecule has 1 aliphatic heterocycles. The molecule has 3 heterocycles. The molecule has 0 radical (unpaired) electrons. The van der Waals surface area contributed by atoms with Gasteiger partial charge in [0.25, 0.3) is 0 Å². The normalized spacial score (nSPS) is 20.2. The first-order chi connectivity index (χ1) is 11.4. The van der Waals surface area contributed by atoms with Gasteiger partial charge in [0.1, 0.15) is 4.90 Å².